The van der Waals surface area contributed by atoms with Crippen molar-refractivity contribution in [3.8, 4) is 12.1 Å². The smallest absolute Gasteiger partial charge is 0.315 e. The van der Waals surface area contributed by atoms with E-state index in [2.05, 4.69) is 18.7 Å². The summed E-state index contributed by atoms with van der Waals surface area (Å²) in [7, 11) is 1.46. The summed E-state index contributed by atoms with van der Waals surface area (Å²) in [6.07, 6.45) is -4.57. The van der Waals surface area contributed by atoms with Crippen molar-refractivity contribution in [1.29, 1.82) is 10.5 Å². The number of carbonyl (C=O) groups excluding carboxylic acids is 1. The number of rotatable bonds is 2. The summed E-state index contributed by atoms with van der Waals surface area (Å²) in [6.45, 7) is 1.51. The van der Waals surface area contributed by atoms with Crippen LogP contribution in [-0.2, 0) is 6.18 Å². The van der Waals surface area contributed by atoms with Crippen LogP contribution in [0.15, 0.2) is 58.6 Å². The van der Waals surface area contributed by atoms with Crippen LogP contribution < -0.4 is 4.90 Å². The molecule has 9 heteroatoms. The number of amides is 2. The summed E-state index contributed by atoms with van der Waals surface area (Å²) in [5, 5.41) is 18.8. The van der Waals surface area contributed by atoms with Crippen molar-refractivity contribution in [3.63, 3.8) is 0 Å². The molecular formula is C21H15F3N4OS. The van der Waals surface area contributed by atoms with Gasteiger partial charge in [-0.3, -0.25) is 4.90 Å². The Hall–Kier alpha value is -3.43. The van der Waals surface area contributed by atoms with Gasteiger partial charge in [-0.1, -0.05) is 12.1 Å². The average molecular weight is 428 g/mol. The van der Waals surface area contributed by atoms with E-state index in [1.165, 1.54) is 37.1 Å². The van der Waals surface area contributed by atoms with Crippen LogP contribution in [0.3, 0.4) is 0 Å². The number of urea groups is 1. The fourth-order valence-electron chi connectivity index (χ4n) is 3.40. The second-order valence-electron chi connectivity index (χ2n) is 6.68. The Kier molecular flexibility index (Phi) is 5.51. The topological polar surface area (TPSA) is 71.1 Å². The lowest BCUT2D eigenvalue weighted by molar-refractivity contribution is -0.137. The third-order valence-electron chi connectivity index (χ3n) is 4.89. The van der Waals surface area contributed by atoms with Gasteiger partial charge in [-0.25, -0.2) is 4.79 Å². The highest BCUT2D eigenvalue weighted by atomic mass is 32.1. The van der Waals surface area contributed by atoms with Gasteiger partial charge in [0.05, 0.1) is 40.6 Å². The molecule has 2 aromatic carbocycles. The number of hydrogen-bond acceptors (Lipinski definition) is 4. The Labute approximate surface area is 176 Å². The largest absolute Gasteiger partial charge is 0.416 e. The zero-order valence-electron chi connectivity index (χ0n) is 15.9. The summed E-state index contributed by atoms with van der Waals surface area (Å²) in [4.78, 5) is 15.9. The lowest BCUT2D eigenvalue weighted by Gasteiger charge is -2.40. The van der Waals surface area contributed by atoms with E-state index < -0.39 is 23.8 Å². The Morgan fingerprint density at radius 3 is 2.37 bits per heavy atom. The summed E-state index contributed by atoms with van der Waals surface area (Å²) in [6, 6.07) is 11.8. The second-order valence-corrected chi connectivity index (χ2v) is 7.16. The number of alkyl halides is 3. The Balaban J connectivity index is 2.16. The molecule has 1 heterocycles. The fourth-order valence-corrected chi connectivity index (χ4v) is 3.74. The van der Waals surface area contributed by atoms with Gasteiger partial charge in [0.25, 0.3) is 0 Å². The van der Waals surface area contributed by atoms with E-state index >= 15 is 0 Å². The van der Waals surface area contributed by atoms with Crippen molar-refractivity contribution in [3.05, 3.63) is 70.4 Å². The number of anilines is 1. The van der Waals surface area contributed by atoms with Gasteiger partial charge in [0.2, 0.25) is 0 Å². The van der Waals surface area contributed by atoms with Gasteiger partial charge in [0.15, 0.2) is 0 Å². The molecule has 30 heavy (non-hydrogen) atoms. The minimum Gasteiger partial charge on any atom is -0.315 e. The number of likely N-dealkylation sites (N-methyl/N-ethyl adjacent to an activating group) is 1. The molecule has 0 saturated heterocycles. The highest BCUT2D eigenvalue weighted by molar-refractivity contribution is 7.80. The van der Waals surface area contributed by atoms with Crippen LogP contribution >= 0.6 is 12.6 Å². The summed E-state index contributed by atoms with van der Waals surface area (Å²) < 4.78 is 39.4. The van der Waals surface area contributed by atoms with Crippen molar-refractivity contribution in [2.24, 2.45) is 0 Å². The molecule has 1 aliphatic rings. The van der Waals surface area contributed by atoms with Crippen molar-refractivity contribution < 1.29 is 18.0 Å². The normalized spacial score (nSPS) is 17.1. The molecule has 5 nitrogen and oxygen atoms in total. The van der Waals surface area contributed by atoms with Gasteiger partial charge >= 0.3 is 12.2 Å². The maximum Gasteiger partial charge on any atom is 0.416 e. The van der Waals surface area contributed by atoms with Crippen LogP contribution in [0.4, 0.5) is 23.7 Å². The molecule has 0 bridgehead atoms. The highest BCUT2D eigenvalue weighted by Crippen LogP contribution is 2.41. The molecule has 0 aliphatic carbocycles. The molecule has 0 spiro atoms. The first-order valence-corrected chi connectivity index (χ1v) is 9.13. The van der Waals surface area contributed by atoms with Crippen molar-refractivity contribution in [2.75, 3.05) is 11.9 Å². The third-order valence-corrected chi connectivity index (χ3v) is 5.27. The third kappa shape index (κ3) is 3.60. The van der Waals surface area contributed by atoms with Gasteiger partial charge in [0.1, 0.15) is 0 Å². The predicted molar refractivity (Wildman–Crippen MR) is 107 cm³/mol. The molecule has 152 valence electrons. The minimum absolute atomic E-state index is 0.0105. The molecule has 0 unspecified atom stereocenters. The zero-order valence-corrected chi connectivity index (χ0v) is 16.8. The number of allylic oxidation sites excluding steroid dienone is 1. The van der Waals surface area contributed by atoms with Crippen LogP contribution in [0, 0.1) is 22.7 Å². The van der Waals surface area contributed by atoms with Crippen LogP contribution in [0.5, 0.6) is 0 Å². The van der Waals surface area contributed by atoms with Gasteiger partial charge in [-0.2, -0.15) is 23.7 Å². The second kappa shape index (κ2) is 7.77. The van der Waals surface area contributed by atoms with E-state index in [1.54, 1.807) is 12.1 Å². The number of thiol groups is 1. The maximum atomic E-state index is 13.1. The molecule has 0 fully saturated rings. The van der Waals surface area contributed by atoms with Crippen molar-refractivity contribution in [1.82, 2.24) is 4.90 Å². The van der Waals surface area contributed by atoms with Crippen LogP contribution in [-0.4, -0.2) is 18.0 Å². The number of hydrogen-bond donors (Lipinski definition) is 1. The summed E-state index contributed by atoms with van der Waals surface area (Å²) in [5.41, 5.74) is 0.438. The molecule has 2 aromatic rings. The standard InChI is InChI=1S/C21H15F3N4OS/c1-12-17(11-26)19(16-7-6-13(10-25)8-18(16)30)27(2)20(29)28(12)15-5-3-4-14(9-15)21(22,23)24/h3-9,19,30H,1-2H3/t19-/m1/s1. The van der Waals surface area contributed by atoms with Gasteiger partial charge in [0, 0.05) is 17.6 Å². The summed E-state index contributed by atoms with van der Waals surface area (Å²) in [5.74, 6) is 0. The van der Waals surface area contributed by atoms with E-state index in [9.17, 15) is 23.2 Å². The highest BCUT2D eigenvalue weighted by Gasteiger charge is 2.39. The molecular weight excluding hydrogens is 413 g/mol. The maximum absolute atomic E-state index is 13.1. The molecule has 1 atom stereocenters. The van der Waals surface area contributed by atoms with Crippen LogP contribution in [0.25, 0.3) is 0 Å². The van der Waals surface area contributed by atoms with E-state index in [0.717, 1.165) is 17.0 Å². The van der Waals surface area contributed by atoms with E-state index in [1.807, 2.05) is 6.07 Å². The zero-order chi connectivity index (χ0) is 22.2. The fraction of sp³-hybridized carbons (Fsp3) is 0.190. The van der Waals surface area contributed by atoms with E-state index in [4.69, 9.17) is 5.26 Å². The molecule has 1 aliphatic heterocycles. The first-order chi connectivity index (χ1) is 14.1. The number of benzene rings is 2. The molecule has 0 N–H and O–H groups in total. The van der Waals surface area contributed by atoms with E-state index in [0.29, 0.717) is 16.0 Å². The Morgan fingerprint density at radius 2 is 1.80 bits per heavy atom. The van der Waals surface area contributed by atoms with Gasteiger partial charge < -0.3 is 4.90 Å². The number of nitrogens with zero attached hydrogens (tertiary/aromatic N) is 4. The quantitative estimate of drug-likeness (QED) is 0.662. The molecule has 3 rings (SSSR count). The minimum atomic E-state index is -4.57. The number of halogens is 3. The Morgan fingerprint density at radius 1 is 1.10 bits per heavy atom. The molecule has 0 radical (unpaired) electrons. The first-order valence-electron chi connectivity index (χ1n) is 8.68. The van der Waals surface area contributed by atoms with Crippen molar-refractivity contribution in [2.45, 2.75) is 24.0 Å². The van der Waals surface area contributed by atoms with Gasteiger partial charge in [-0.05, 0) is 42.8 Å². The molecule has 2 amide bonds. The Bertz CT molecular complexity index is 1140. The number of nitriles is 2. The average Bonchev–Trinajstić information content (AvgIpc) is 2.70. The molecule has 0 aromatic heterocycles. The van der Waals surface area contributed by atoms with Gasteiger partial charge in [-0.15, -0.1) is 12.6 Å². The monoisotopic (exact) mass is 428 g/mol. The predicted octanol–water partition coefficient (Wildman–Crippen LogP) is 5.28. The number of carbonyl (C=O) groups is 1. The first kappa shape index (κ1) is 21.3. The van der Waals surface area contributed by atoms with Crippen molar-refractivity contribution >= 4 is 24.3 Å². The summed E-state index contributed by atoms with van der Waals surface area (Å²) >= 11 is 4.39. The SMILES string of the molecule is CC1=C(C#N)[C@@H](c2ccc(C#N)cc2S)N(C)C(=O)N1c1cccc(C(F)(F)F)c1. The van der Waals surface area contributed by atoms with Crippen LogP contribution in [0.1, 0.15) is 29.7 Å². The molecule has 0 saturated carbocycles. The van der Waals surface area contributed by atoms with E-state index in [-0.39, 0.29) is 17.0 Å². The lowest BCUT2D eigenvalue weighted by Crippen LogP contribution is -2.47. The lowest BCUT2D eigenvalue weighted by atomic mass is 9.93. The van der Waals surface area contributed by atoms with Crippen LogP contribution in [0.2, 0.25) is 0 Å².